The number of nitrogens with one attached hydrogen (secondary N) is 1. The third-order valence-electron chi connectivity index (χ3n) is 3.68. The van der Waals surface area contributed by atoms with Gasteiger partial charge in [0.2, 0.25) is 0 Å². The van der Waals surface area contributed by atoms with E-state index in [-0.39, 0.29) is 5.91 Å². The van der Waals surface area contributed by atoms with Crippen LogP contribution >= 0.6 is 31.9 Å². The lowest BCUT2D eigenvalue weighted by atomic mass is 10.2. The van der Waals surface area contributed by atoms with Crippen LogP contribution in [-0.2, 0) is 6.61 Å². The normalized spacial score (nSPS) is 10.7. The Bertz CT molecular complexity index is 922. The van der Waals surface area contributed by atoms with Gasteiger partial charge in [0.25, 0.3) is 5.91 Å². The number of benzene rings is 3. The minimum atomic E-state index is -0.256. The summed E-state index contributed by atoms with van der Waals surface area (Å²) < 4.78 is 7.73. The molecule has 136 valence electrons. The zero-order valence-corrected chi connectivity index (χ0v) is 17.4. The van der Waals surface area contributed by atoms with E-state index in [0.717, 1.165) is 25.8 Å². The van der Waals surface area contributed by atoms with Gasteiger partial charge in [-0.2, -0.15) is 5.10 Å². The van der Waals surface area contributed by atoms with Gasteiger partial charge in [-0.15, -0.1) is 0 Å². The van der Waals surface area contributed by atoms with Gasteiger partial charge in [0, 0.05) is 14.5 Å². The Morgan fingerprint density at radius 1 is 0.889 bits per heavy atom. The monoisotopic (exact) mass is 486 g/mol. The summed E-state index contributed by atoms with van der Waals surface area (Å²) in [6, 6.07) is 22.6. The number of ether oxygens (including phenoxy) is 1. The highest BCUT2D eigenvalue weighted by molar-refractivity contribution is 9.10. The minimum Gasteiger partial charge on any atom is -0.489 e. The quantitative estimate of drug-likeness (QED) is 0.365. The molecule has 0 saturated carbocycles. The number of amides is 1. The summed E-state index contributed by atoms with van der Waals surface area (Å²) in [5.74, 6) is 0.516. The van der Waals surface area contributed by atoms with Gasteiger partial charge < -0.3 is 4.74 Å². The van der Waals surface area contributed by atoms with Crippen LogP contribution in [0.3, 0.4) is 0 Å². The molecule has 6 heteroatoms. The molecule has 3 aromatic rings. The van der Waals surface area contributed by atoms with Crippen molar-refractivity contribution in [1.29, 1.82) is 0 Å². The molecule has 1 amide bonds. The Morgan fingerprint density at radius 2 is 1.48 bits per heavy atom. The Labute approximate surface area is 174 Å². The van der Waals surface area contributed by atoms with Crippen LogP contribution in [0.4, 0.5) is 0 Å². The second-order valence-corrected chi connectivity index (χ2v) is 7.52. The molecule has 3 rings (SSSR count). The third kappa shape index (κ3) is 6.05. The van der Waals surface area contributed by atoms with Crippen LogP contribution in [0.15, 0.2) is 86.8 Å². The maximum Gasteiger partial charge on any atom is 0.271 e. The standard InChI is InChI=1S/C21H16Br2N2O2/c22-18-7-1-16(2-8-18)14-27-20-11-3-15(4-12-20)13-24-25-21(26)17-5-9-19(23)10-6-17/h1-13H,14H2,(H,25,26)/b24-13+. The molecule has 0 saturated heterocycles. The predicted octanol–water partition coefficient (Wildman–Crippen LogP) is 5.55. The summed E-state index contributed by atoms with van der Waals surface area (Å²) >= 11 is 6.75. The summed E-state index contributed by atoms with van der Waals surface area (Å²) in [6.45, 7) is 0.504. The molecular weight excluding hydrogens is 472 g/mol. The Morgan fingerprint density at radius 3 is 2.11 bits per heavy atom. The average Bonchev–Trinajstić information content (AvgIpc) is 2.69. The van der Waals surface area contributed by atoms with Crippen molar-refractivity contribution in [3.8, 4) is 5.75 Å². The van der Waals surface area contributed by atoms with Crippen molar-refractivity contribution >= 4 is 44.0 Å². The second-order valence-electron chi connectivity index (χ2n) is 5.69. The molecule has 0 heterocycles. The van der Waals surface area contributed by atoms with Gasteiger partial charge in [-0.3, -0.25) is 4.79 Å². The largest absolute Gasteiger partial charge is 0.489 e. The lowest BCUT2D eigenvalue weighted by Gasteiger charge is -2.06. The number of hydrogen-bond acceptors (Lipinski definition) is 3. The zero-order valence-electron chi connectivity index (χ0n) is 14.2. The van der Waals surface area contributed by atoms with Crippen LogP contribution in [-0.4, -0.2) is 12.1 Å². The van der Waals surface area contributed by atoms with Crippen molar-refractivity contribution in [1.82, 2.24) is 5.43 Å². The molecule has 27 heavy (non-hydrogen) atoms. The van der Waals surface area contributed by atoms with E-state index in [1.165, 1.54) is 0 Å². The van der Waals surface area contributed by atoms with Crippen molar-refractivity contribution in [3.63, 3.8) is 0 Å². The van der Waals surface area contributed by atoms with Crippen molar-refractivity contribution in [2.75, 3.05) is 0 Å². The van der Waals surface area contributed by atoms with Crippen LogP contribution < -0.4 is 10.2 Å². The van der Waals surface area contributed by atoms with Crippen molar-refractivity contribution in [2.24, 2.45) is 5.10 Å². The summed E-state index contributed by atoms with van der Waals surface area (Å²) in [7, 11) is 0. The van der Waals surface area contributed by atoms with E-state index in [1.54, 1.807) is 18.3 Å². The fourth-order valence-electron chi connectivity index (χ4n) is 2.23. The van der Waals surface area contributed by atoms with Gasteiger partial charge in [0.15, 0.2) is 0 Å². The van der Waals surface area contributed by atoms with E-state index in [9.17, 15) is 4.79 Å². The van der Waals surface area contributed by atoms with Crippen LogP contribution in [0.5, 0.6) is 5.75 Å². The maximum atomic E-state index is 12.0. The lowest BCUT2D eigenvalue weighted by Crippen LogP contribution is -2.17. The van der Waals surface area contributed by atoms with Crippen LogP contribution in [0.25, 0.3) is 0 Å². The predicted molar refractivity (Wildman–Crippen MR) is 114 cm³/mol. The Hall–Kier alpha value is -2.44. The van der Waals surface area contributed by atoms with E-state index < -0.39 is 0 Å². The van der Waals surface area contributed by atoms with E-state index in [1.807, 2.05) is 60.7 Å². The molecular formula is C21H16Br2N2O2. The first kappa shape index (κ1) is 19.3. The second kappa shape index (κ2) is 9.48. The first-order valence-electron chi connectivity index (χ1n) is 8.16. The smallest absolute Gasteiger partial charge is 0.271 e. The fraction of sp³-hybridized carbons (Fsp3) is 0.0476. The van der Waals surface area contributed by atoms with Gasteiger partial charge in [0.05, 0.1) is 6.21 Å². The van der Waals surface area contributed by atoms with Crippen LogP contribution in [0.1, 0.15) is 21.5 Å². The first-order chi connectivity index (χ1) is 13.1. The van der Waals surface area contributed by atoms with Gasteiger partial charge in [-0.05, 0) is 71.8 Å². The average molecular weight is 488 g/mol. The molecule has 0 aliphatic heterocycles. The number of hydrazone groups is 1. The SMILES string of the molecule is O=C(N/N=C/c1ccc(OCc2ccc(Br)cc2)cc1)c1ccc(Br)cc1. The molecule has 0 atom stereocenters. The number of carbonyl (C=O) groups excluding carboxylic acids is 1. The van der Waals surface area contributed by atoms with E-state index in [4.69, 9.17) is 4.74 Å². The lowest BCUT2D eigenvalue weighted by molar-refractivity contribution is 0.0955. The van der Waals surface area contributed by atoms with E-state index in [2.05, 4.69) is 42.4 Å². The summed E-state index contributed by atoms with van der Waals surface area (Å²) in [5, 5.41) is 3.99. The molecule has 0 bridgehead atoms. The van der Waals surface area contributed by atoms with Gasteiger partial charge >= 0.3 is 0 Å². The Kier molecular flexibility index (Phi) is 6.79. The van der Waals surface area contributed by atoms with Crippen LogP contribution in [0.2, 0.25) is 0 Å². The first-order valence-corrected chi connectivity index (χ1v) is 9.75. The molecule has 4 nitrogen and oxygen atoms in total. The molecule has 0 aliphatic rings. The number of rotatable bonds is 6. The van der Waals surface area contributed by atoms with Crippen molar-refractivity contribution in [2.45, 2.75) is 6.61 Å². The topological polar surface area (TPSA) is 50.7 Å². The molecule has 0 aromatic heterocycles. The summed E-state index contributed by atoms with van der Waals surface area (Å²) in [4.78, 5) is 12.0. The summed E-state index contributed by atoms with van der Waals surface area (Å²) in [5.41, 5.74) is 5.02. The van der Waals surface area contributed by atoms with Gasteiger partial charge in [0.1, 0.15) is 12.4 Å². The number of nitrogens with zero attached hydrogens (tertiary/aromatic N) is 1. The molecule has 0 radical (unpaired) electrons. The number of carbonyl (C=O) groups is 1. The Balaban J connectivity index is 1.50. The van der Waals surface area contributed by atoms with Crippen molar-refractivity contribution in [3.05, 3.63) is 98.4 Å². The molecule has 0 unspecified atom stereocenters. The van der Waals surface area contributed by atoms with Crippen molar-refractivity contribution < 1.29 is 9.53 Å². The minimum absolute atomic E-state index is 0.256. The molecule has 1 N–H and O–H groups in total. The molecule has 0 aliphatic carbocycles. The molecule has 0 fully saturated rings. The maximum absolute atomic E-state index is 12.0. The van der Waals surface area contributed by atoms with Gasteiger partial charge in [-0.1, -0.05) is 44.0 Å². The van der Waals surface area contributed by atoms with E-state index in [0.29, 0.717) is 12.2 Å². The number of hydrogen-bond donors (Lipinski definition) is 1. The highest BCUT2D eigenvalue weighted by atomic mass is 79.9. The van der Waals surface area contributed by atoms with Gasteiger partial charge in [-0.25, -0.2) is 5.43 Å². The molecule has 0 spiro atoms. The van der Waals surface area contributed by atoms with E-state index >= 15 is 0 Å². The highest BCUT2D eigenvalue weighted by Crippen LogP contribution is 2.15. The third-order valence-corrected chi connectivity index (χ3v) is 4.74. The molecule has 3 aromatic carbocycles. The highest BCUT2D eigenvalue weighted by Gasteiger charge is 2.03. The number of halogens is 2. The summed E-state index contributed by atoms with van der Waals surface area (Å²) in [6.07, 6.45) is 1.59. The zero-order chi connectivity index (χ0) is 19.1. The fourth-order valence-corrected chi connectivity index (χ4v) is 2.76. The van der Waals surface area contributed by atoms with Crippen LogP contribution in [0, 0.1) is 0 Å².